The average molecular weight is 246 g/mol. The molecule has 0 aliphatic carbocycles. The highest BCUT2D eigenvalue weighted by atomic mass is 19.4. The summed E-state index contributed by atoms with van der Waals surface area (Å²) in [5.41, 5.74) is -1.06. The van der Waals surface area contributed by atoms with Crippen LogP contribution in [-0.2, 0) is 6.18 Å². The van der Waals surface area contributed by atoms with Crippen LogP contribution in [0.15, 0.2) is 18.2 Å². The minimum atomic E-state index is -4.71. The van der Waals surface area contributed by atoms with Gasteiger partial charge in [0.15, 0.2) is 0 Å². The quantitative estimate of drug-likeness (QED) is 0.755. The normalized spacial score (nSPS) is 16.7. The van der Waals surface area contributed by atoms with Gasteiger partial charge in [0.05, 0.1) is 5.56 Å². The molecule has 1 saturated heterocycles. The van der Waals surface area contributed by atoms with Crippen LogP contribution in [0.1, 0.15) is 18.4 Å². The summed E-state index contributed by atoms with van der Waals surface area (Å²) in [6.07, 6.45) is -3.43. The highest BCUT2D eigenvalue weighted by Gasteiger charge is 2.35. The lowest BCUT2D eigenvalue weighted by Gasteiger charge is -2.19. The number of rotatable bonds is 1. The molecular formula is C11H10F4N2. The first-order valence-electron chi connectivity index (χ1n) is 5.11. The summed E-state index contributed by atoms with van der Waals surface area (Å²) in [6.45, 7) is 0.502. The monoisotopic (exact) mass is 246 g/mol. The molecule has 1 aromatic carbocycles. The van der Waals surface area contributed by atoms with Crippen LogP contribution in [-0.4, -0.2) is 12.4 Å². The van der Waals surface area contributed by atoms with E-state index >= 15 is 0 Å². The molecule has 1 aliphatic rings. The summed E-state index contributed by atoms with van der Waals surface area (Å²) in [6, 6.07) is 2.82. The predicted molar refractivity (Wildman–Crippen MR) is 55.7 cm³/mol. The Hall–Kier alpha value is -1.59. The van der Waals surface area contributed by atoms with Crippen molar-refractivity contribution in [2.24, 2.45) is 0 Å². The number of nitrogens with zero attached hydrogens (tertiary/aromatic N) is 1. The number of anilines is 1. The van der Waals surface area contributed by atoms with Gasteiger partial charge < -0.3 is 4.90 Å². The van der Waals surface area contributed by atoms with Gasteiger partial charge in [0.1, 0.15) is 11.7 Å². The third-order valence-corrected chi connectivity index (χ3v) is 2.69. The first-order chi connectivity index (χ1) is 7.89. The number of alkyl halides is 3. The van der Waals surface area contributed by atoms with E-state index in [2.05, 4.69) is 0 Å². The van der Waals surface area contributed by atoms with E-state index in [0.29, 0.717) is 13.0 Å². The van der Waals surface area contributed by atoms with Crippen molar-refractivity contribution in [1.29, 1.82) is 5.41 Å². The van der Waals surface area contributed by atoms with Crippen molar-refractivity contribution in [3.8, 4) is 0 Å². The van der Waals surface area contributed by atoms with Crippen LogP contribution < -0.4 is 4.90 Å². The van der Waals surface area contributed by atoms with Gasteiger partial charge in [-0.3, -0.25) is 5.41 Å². The number of hydrogen-bond donors (Lipinski definition) is 1. The lowest BCUT2D eigenvalue weighted by Crippen LogP contribution is -2.23. The minimum absolute atomic E-state index is 0.223. The molecule has 0 amide bonds. The van der Waals surface area contributed by atoms with Crippen LogP contribution in [0.3, 0.4) is 0 Å². The van der Waals surface area contributed by atoms with E-state index in [0.717, 1.165) is 18.6 Å². The molecule has 0 radical (unpaired) electrons. The minimum Gasteiger partial charge on any atom is -0.330 e. The van der Waals surface area contributed by atoms with Gasteiger partial charge in [-0.1, -0.05) is 0 Å². The molecule has 1 N–H and O–H groups in total. The molecule has 0 aromatic heterocycles. The third kappa shape index (κ3) is 2.25. The Balaban J connectivity index is 2.41. The molecule has 17 heavy (non-hydrogen) atoms. The molecular weight excluding hydrogens is 236 g/mol. The Morgan fingerprint density at radius 3 is 2.47 bits per heavy atom. The molecule has 1 aliphatic heterocycles. The second-order valence-electron chi connectivity index (χ2n) is 3.86. The first-order valence-corrected chi connectivity index (χ1v) is 5.11. The Morgan fingerprint density at radius 2 is 1.94 bits per heavy atom. The molecule has 0 atom stereocenters. The average Bonchev–Trinajstić information content (AvgIpc) is 2.63. The maximum Gasteiger partial charge on any atom is 0.419 e. The van der Waals surface area contributed by atoms with Crippen LogP contribution in [0, 0.1) is 11.2 Å². The van der Waals surface area contributed by atoms with Gasteiger partial charge in [0, 0.05) is 18.7 Å². The van der Waals surface area contributed by atoms with E-state index in [1.54, 1.807) is 0 Å². The fourth-order valence-corrected chi connectivity index (χ4v) is 1.86. The topological polar surface area (TPSA) is 27.1 Å². The van der Waals surface area contributed by atoms with E-state index in [-0.39, 0.29) is 11.5 Å². The Morgan fingerprint density at radius 1 is 1.24 bits per heavy atom. The number of benzene rings is 1. The largest absolute Gasteiger partial charge is 0.419 e. The lowest BCUT2D eigenvalue weighted by molar-refractivity contribution is -0.139. The van der Waals surface area contributed by atoms with Crippen molar-refractivity contribution in [3.63, 3.8) is 0 Å². The second-order valence-corrected chi connectivity index (χ2v) is 3.86. The Labute approximate surface area is 95.4 Å². The summed E-state index contributed by atoms with van der Waals surface area (Å²) in [4.78, 5) is 1.47. The highest BCUT2D eigenvalue weighted by Crippen LogP contribution is 2.34. The van der Waals surface area contributed by atoms with Crippen LogP contribution in [0.2, 0.25) is 0 Å². The number of halogens is 4. The van der Waals surface area contributed by atoms with Crippen LogP contribution in [0.4, 0.5) is 23.2 Å². The first kappa shape index (κ1) is 11.9. The maximum absolute atomic E-state index is 13.1. The summed E-state index contributed by atoms with van der Waals surface area (Å²) in [5.74, 6) is -1.02. The van der Waals surface area contributed by atoms with Gasteiger partial charge >= 0.3 is 6.18 Å². The van der Waals surface area contributed by atoms with Crippen molar-refractivity contribution in [1.82, 2.24) is 0 Å². The summed E-state index contributed by atoms with van der Waals surface area (Å²) >= 11 is 0. The molecule has 0 unspecified atom stereocenters. The number of nitrogens with one attached hydrogen (secondary N) is 1. The molecule has 6 heteroatoms. The Kier molecular flexibility index (Phi) is 2.81. The molecule has 0 bridgehead atoms. The summed E-state index contributed by atoms with van der Waals surface area (Å²) < 4.78 is 50.6. The van der Waals surface area contributed by atoms with E-state index in [1.165, 1.54) is 11.0 Å². The molecule has 1 fully saturated rings. The fraction of sp³-hybridized carbons (Fsp3) is 0.364. The van der Waals surface area contributed by atoms with E-state index in [4.69, 9.17) is 5.41 Å². The highest BCUT2D eigenvalue weighted by molar-refractivity contribution is 5.97. The van der Waals surface area contributed by atoms with Crippen LogP contribution in [0.25, 0.3) is 0 Å². The van der Waals surface area contributed by atoms with Gasteiger partial charge in [-0.25, -0.2) is 4.39 Å². The standard InChI is InChI=1S/C11H10F4N2/c12-9-4-3-7(6-8(9)11(13,14)15)17-5-1-2-10(17)16/h3-4,6,16H,1-2,5H2. The summed E-state index contributed by atoms with van der Waals surface area (Å²) in [5, 5.41) is 7.57. The SMILES string of the molecule is N=C1CCCN1c1ccc(F)c(C(F)(F)F)c1. The molecule has 1 heterocycles. The smallest absolute Gasteiger partial charge is 0.330 e. The molecule has 0 saturated carbocycles. The maximum atomic E-state index is 13.1. The number of amidine groups is 1. The van der Waals surface area contributed by atoms with E-state index < -0.39 is 17.6 Å². The zero-order chi connectivity index (χ0) is 12.6. The second kappa shape index (κ2) is 4.01. The number of hydrogen-bond acceptors (Lipinski definition) is 1. The summed E-state index contributed by atoms with van der Waals surface area (Å²) in [7, 11) is 0. The van der Waals surface area contributed by atoms with Crippen molar-refractivity contribution >= 4 is 11.5 Å². The zero-order valence-corrected chi connectivity index (χ0v) is 8.81. The molecule has 2 nitrogen and oxygen atoms in total. The molecule has 0 spiro atoms. The van der Waals surface area contributed by atoms with E-state index in [1.807, 2.05) is 0 Å². The van der Waals surface area contributed by atoms with Gasteiger partial charge in [-0.15, -0.1) is 0 Å². The van der Waals surface area contributed by atoms with Crippen LogP contribution >= 0.6 is 0 Å². The predicted octanol–water partition coefficient (Wildman–Crippen LogP) is 3.42. The molecule has 1 aromatic rings. The van der Waals surface area contributed by atoms with Gasteiger partial charge in [0.25, 0.3) is 0 Å². The van der Waals surface area contributed by atoms with Crippen molar-refractivity contribution in [2.75, 3.05) is 11.4 Å². The van der Waals surface area contributed by atoms with Crippen molar-refractivity contribution in [2.45, 2.75) is 19.0 Å². The molecule has 92 valence electrons. The van der Waals surface area contributed by atoms with Gasteiger partial charge in [0.2, 0.25) is 0 Å². The van der Waals surface area contributed by atoms with Crippen molar-refractivity contribution < 1.29 is 17.6 Å². The zero-order valence-electron chi connectivity index (χ0n) is 8.81. The fourth-order valence-electron chi connectivity index (χ4n) is 1.86. The van der Waals surface area contributed by atoms with Crippen LogP contribution in [0.5, 0.6) is 0 Å². The van der Waals surface area contributed by atoms with E-state index in [9.17, 15) is 17.6 Å². The third-order valence-electron chi connectivity index (χ3n) is 2.69. The van der Waals surface area contributed by atoms with Gasteiger partial charge in [-0.05, 0) is 24.6 Å². The van der Waals surface area contributed by atoms with Gasteiger partial charge in [-0.2, -0.15) is 13.2 Å². The lowest BCUT2D eigenvalue weighted by atomic mass is 10.1. The van der Waals surface area contributed by atoms with Crippen molar-refractivity contribution in [3.05, 3.63) is 29.6 Å². The Bertz CT molecular complexity index is 453. The molecule has 2 rings (SSSR count).